The first-order chi connectivity index (χ1) is 11.5. The largest absolute Gasteiger partial charge is 0.361 e. The van der Waals surface area contributed by atoms with Crippen molar-refractivity contribution < 1.29 is 4.79 Å². The van der Waals surface area contributed by atoms with Gasteiger partial charge in [-0.25, -0.2) is 0 Å². The number of nitrogens with zero attached hydrogens (tertiary/aromatic N) is 1. The summed E-state index contributed by atoms with van der Waals surface area (Å²) in [6, 6.07) is 16.0. The summed E-state index contributed by atoms with van der Waals surface area (Å²) >= 11 is 5.92. The molecular weight excluding hydrogens is 320 g/mol. The van der Waals surface area contributed by atoms with Crippen LogP contribution in [0.5, 0.6) is 0 Å². The molecule has 1 amide bonds. The van der Waals surface area contributed by atoms with Crippen LogP contribution >= 0.6 is 11.6 Å². The van der Waals surface area contributed by atoms with E-state index in [1.54, 1.807) is 0 Å². The second kappa shape index (κ2) is 7.10. The maximum absolute atomic E-state index is 12.6. The number of amides is 1. The zero-order valence-electron chi connectivity index (χ0n) is 13.9. The van der Waals surface area contributed by atoms with Gasteiger partial charge in [0, 0.05) is 35.2 Å². The number of carbonyl (C=O) groups excluding carboxylic acids is 1. The number of aromatic amines is 1. The van der Waals surface area contributed by atoms with Crippen molar-refractivity contribution in [1.82, 2.24) is 9.88 Å². The number of H-pyrrole nitrogens is 1. The maximum atomic E-state index is 12.6. The number of aromatic nitrogens is 1. The summed E-state index contributed by atoms with van der Waals surface area (Å²) in [5.41, 5.74) is 3.29. The minimum Gasteiger partial charge on any atom is -0.361 e. The SMILES string of the molecule is CC(Cc1ccc(Cl)cc1)N(C)C(=O)Cc1c[nH]c2ccccc12. The molecule has 1 atom stereocenters. The van der Waals surface area contributed by atoms with Gasteiger partial charge in [0.25, 0.3) is 0 Å². The van der Waals surface area contributed by atoms with Crippen molar-refractivity contribution in [3.8, 4) is 0 Å². The fourth-order valence-corrected chi connectivity index (χ4v) is 3.04. The average Bonchev–Trinajstić information content (AvgIpc) is 2.99. The summed E-state index contributed by atoms with van der Waals surface area (Å²) in [4.78, 5) is 17.7. The number of para-hydroxylation sites is 1. The van der Waals surface area contributed by atoms with Crippen molar-refractivity contribution in [2.75, 3.05) is 7.05 Å². The van der Waals surface area contributed by atoms with Gasteiger partial charge < -0.3 is 9.88 Å². The summed E-state index contributed by atoms with van der Waals surface area (Å²) in [5.74, 6) is 0.126. The smallest absolute Gasteiger partial charge is 0.227 e. The Labute approximate surface area is 147 Å². The standard InChI is InChI=1S/C20H21ClN2O/c1-14(11-15-7-9-17(21)10-8-15)23(2)20(24)12-16-13-22-19-6-4-3-5-18(16)19/h3-10,13-14,22H,11-12H2,1-2H3. The van der Waals surface area contributed by atoms with Gasteiger partial charge in [0.1, 0.15) is 0 Å². The van der Waals surface area contributed by atoms with Crippen LogP contribution in [0.25, 0.3) is 10.9 Å². The third-order valence-corrected chi connectivity index (χ3v) is 4.77. The zero-order chi connectivity index (χ0) is 17.1. The minimum atomic E-state index is 0.126. The maximum Gasteiger partial charge on any atom is 0.227 e. The quantitative estimate of drug-likeness (QED) is 0.731. The van der Waals surface area contributed by atoms with Crippen LogP contribution in [0.15, 0.2) is 54.7 Å². The van der Waals surface area contributed by atoms with Gasteiger partial charge in [0.2, 0.25) is 5.91 Å². The van der Waals surface area contributed by atoms with Gasteiger partial charge in [-0.2, -0.15) is 0 Å². The molecular formula is C20H21ClN2O. The summed E-state index contributed by atoms with van der Waals surface area (Å²) in [7, 11) is 1.87. The van der Waals surface area contributed by atoms with Crippen LogP contribution in [0, 0.1) is 0 Å². The average molecular weight is 341 g/mol. The highest BCUT2D eigenvalue weighted by Crippen LogP contribution is 2.19. The number of benzene rings is 2. The minimum absolute atomic E-state index is 0.126. The van der Waals surface area contributed by atoms with Crippen LogP contribution in [0.1, 0.15) is 18.1 Å². The van der Waals surface area contributed by atoms with E-state index in [0.29, 0.717) is 6.42 Å². The van der Waals surface area contributed by atoms with Crippen LogP contribution in [0.3, 0.4) is 0 Å². The molecule has 4 heteroatoms. The Morgan fingerprint density at radius 1 is 1.17 bits per heavy atom. The lowest BCUT2D eigenvalue weighted by molar-refractivity contribution is -0.130. The summed E-state index contributed by atoms with van der Waals surface area (Å²) < 4.78 is 0. The topological polar surface area (TPSA) is 36.1 Å². The first-order valence-corrected chi connectivity index (χ1v) is 8.47. The lowest BCUT2D eigenvalue weighted by Gasteiger charge is -2.25. The van der Waals surface area contributed by atoms with Crippen molar-refractivity contribution in [2.24, 2.45) is 0 Å². The van der Waals surface area contributed by atoms with E-state index in [1.807, 2.05) is 66.7 Å². The van der Waals surface area contributed by atoms with Gasteiger partial charge in [0.05, 0.1) is 6.42 Å². The molecule has 0 fully saturated rings. The Hall–Kier alpha value is -2.26. The van der Waals surface area contributed by atoms with Gasteiger partial charge in [-0.05, 0) is 42.7 Å². The highest BCUT2D eigenvalue weighted by atomic mass is 35.5. The number of fused-ring (bicyclic) bond motifs is 1. The van der Waals surface area contributed by atoms with Gasteiger partial charge in [-0.1, -0.05) is 41.9 Å². The van der Waals surface area contributed by atoms with E-state index in [2.05, 4.69) is 11.9 Å². The molecule has 3 aromatic rings. The van der Waals surface area contributed by atoms with Crippen LogP contribution in [-0.4, -0.2) is 28.9 Å². The number of nitrogens with one attached hydrogen (secondary N) is 1. The molecule has 0 bridgehead atoms. The summed E-state index contributed by atoms with van der Waals surface area (Å²) in [6.07, 6.45) is 3.15. The number of halogens is 1. The summed E-state index contributed by atoms with van der Waals surface area (Å²) in [5, 5.41) is 1.85. The molecule has 24 heavy (non-hydrogen) atoms. The molecule has 0 spiro atoms. The fraction of sp³-hybridized carbons (Fsp3) is 0.250. The molecule has 1 unspecified atom stereocenters. The van der Waals surface area contributed by atoms with Crippen molar-refractivity contribution in [2.45, 2.75) is 25.8 Å². The van der Waals surface area contributed by atoms with E-state index >= 15 is 0 Å². The lowest BCUT2D eigenvalue weighted by atomic mass is 10.0. The zero-order valence-corrected chi connectivity index (χ0v) is 14.7. The molecule has 1 heterocycles. The highest BCUT2D eigenvalue weighted by molar-refractivity contribution is 6.30. The van der Waals surface area contributed by atoms with Crippen LogP contribution in [-0.2, 0) is 17.6 Å². The Balaban J connectivity index is 1.66. The molecule has 0 aliphatic heterocycles. The molecule has 2 aromatic carbocycles. The second-order valence-corrected chi connectivity index (χ2v) is 6.66. The first-order valence-electron chi connectivity index (χ1n) is 8.09. The summed E-state index contributed by atoms with van der Waals surface area (Å²) in [6.45, 7) is 2.07. The number of carbonyl (C=O) groups is 1. The van der Waals surface area contributed by atoms with E-state index in [-0.39, 0.29) is 11.9 Å². The molecule has 0 saturated heterocycles. The van der Waals surface area contributed by atoms with Gasteiger partial charge in [-0.15, -0.1) is 0 Å². The van der Waals surface area contributed by atoms with Crippen molar-refractivity contribution >= 4 is 28.4 Å². The molecule has 1 N–H and O–H groups in total. The van der Waals surface area contributed by atoms with Crippen molar-refractivity contribution in [1.29, 1.82) is 0 Å². The van der Waals surface area contributed by atoms with E-state index in [9.17, 15) is 4.79 Å². The third-order valence-electron chi connectivity index (χ3n) is 4.52. The Bertz CT molecular complexity index is 838. The van der Waals surface area contributed by atoms with Crippen LogP contribution in [0.4, 0.5) is 0 Å². The predicted molar refractivity (Wildman–Crippen MR) is 99.4 cm³/mol. The Kier molecular flexibility index (Phi) is 4.91. The van der Waals surface area contributed by atoms with E-state index in [4.69, 9.17) is 11.6 Å². The van der Waals surface area contributed by atoms with Crippen LogP contribution < -0.4 is 0 Å². The molecule has 3 nitrogen and oxygen atoms in total. The van der Waals surface area contributed by atoms with Gasteiger partial charge >= 0.3 is 0 Å². The molecule has 124 valence electrons. The monoisotopic (exact) mass is 340 g/mol. The van der Waals surface area contributed by atoms with Gasteiger partial charge in [0.15, 0.2) is 0 Å². The van der Waals surface area contributed by atoms with Crippen LogP contribution in [0.2, 0.25) is 5.02 Å². The normalized spacial score (nSPS) is 12.3. The molecule has 0 radical (unpaired) electrons. The van der Waals surface area contributed by atoms with Crippen molar-refractivity contribution in [3.63, 3.8) is 0 Å². The Morgan fingerprint density at radius 2 is 1.88 bits per heavy atom. The molecule has 0 aliphatic rings. The third kappa shape index (κ3) is 3.62. The molecule has 0 aliphatic carbocycles. The van der Waals surface area contributed by atoms with E-state index in [0.717, 1.165) is 27.9 Å². The first kappa shape index (κ1) is 16.6. The lowest BCUT2D eigenvalue weighted by Crippen LogP contribution is -2.37. The predicted octanol–water partition coefficient (Wildman–Crippen LogP) is 4.45. The van der Waals surface area contributed by atoms with E-state index in [1.165, 1.54) is 5.56 Å². The fourth-order valence-electron chi connectivity index (χ4n) is 2.91. The second-order valence-electron chi connectivity index (χ2n) is 6.22. The van der Waals surface area contributed by atoms with E-state index < -0.39 is 0 Å². The number of hydrogen-bond donors (Lipinski definition) is 1. The Morgan fingerprint density at radius 3 is 2.62 bits per heavy atom. The van der Waals surface area contributed by atoms with Crippen molar-refractivity contribution in [3.05, 3.63) is 70.9 Å². The number of likely N-dealkylation sites (N-methyl/N-ethyl adjacent to an activating group) is 1. The number of rotatable bonds is 5. The number of hydrogen-bond acceptors (Lipinski definition) is 1. The molecule has 0 saturated carbocycles. The molecule has 1 aromatic heterocycles. The molecule has 3 rings (SSSR count). The van der Waals surface area contributed by atoms with Gasteiger partial charge in [-0.3, -0.25) is 4.79 Å². The highest BCUT2D eigenvalue weighted by Gasteiger charge is 2.18.